The molecular weight excluding hydrogens is 510 g/mol. The first-order valence-electron chi connectivity index (χ1n) is 10.2. The van der Waals surface area contributed by atoms with Crippen molar-refractivity contribution >= 4 is 35.6 Å². The molecule has 2 fully saturated rings. The molecular formula is C20H31F3IN5O. The highest BCUT2D eigenvalue weighted by Crippen LogP contribution is 2.31. The van der Waals surface area contributed by atoms with Gasteiger partial charge in [0.05, 0.1) is 18.8 Å². The van der Waals surface area contributed by atoms with E-state index in [0.29, 0.717) is 31.4 Å². The average Bonchev–Trinajstić information content (AvgIpc) is 2.74. The van der Waals surface area contributed by atoms with Gasteiger partial charge in [0.2, 0.25) is 0 Å². The highest BCUT2D eigenvalue weighted by Gasteiger charge is 2.31. The molecule has 2 aliphatic heterocycles. The predicted octanol–water partition coefficient (Wildman–Crippen LogP) is 2.87. The number of piperazine rings is 1. The fourth-order valence-electron chi connectivity index (χ4n) is 3.64. The van der Waals surface area contributed by atoms with E-state index in [4.69, 9.17) is 10.5 Å². The third-order valence-corrected chi connectivity index (χ3v) is 5.40. The van der Waals surface area contributed by atoms with E-state index >= 15 is 0 Å². The second kappa shape index (κ2) is 11.9. The van der Waals surface area contributed by atoms with E-state index in [2.05, 4.69) is 14.8 Å². The standard InChI is InChI=1S/C20H30F3N5O.HI/c21-20(22,23)17-4-3-5-18(16-17)27-10-8-26(9-11-27)7-2-1-6-25-19(24)28-12-14-29-15-13-28;/h3-5,16H,1-2,6-15H2,(H2,24,25);1H. The second-order valence-corrected chi connectivity index (χ2v) is 7.42. The number of hydrogen-bond acceptors (Lipinski definition) is 4. The SMILES string of the molecule is I.NC(=NCCCCN1CCN(c2cccc(C(F)(F)F)c2)CC1)N1CCOCC1. The van der Waals surface area contributed by atoms with Crippen molar-refractivity contribution in [2.24, 2.45) is 10.7 Å². The van der Waals surface area contributed by atoms with Gasteiger partial charge in [-0.15, -0.1) is 24.0 Å². The van der Waals surface area contributed by atoms with Crippen LogP contribution in [0.1, 0.15) is 18.4 Å². The Morgan fingerprint density at radius 1 is 1.03 bits per heavy atom. The number of halogens is 4. The number of nitrogens with zero attached hydrogens (tertiary/aromatic N) is 4. The Kier molecular flexibility index (Phi) is 9.95. The molecule has 1 aromatic rings. The number of morpholine rings is 1. The van der Waals surface area contributed by atoms with Crippen LogP contribution < -0.4 is 10.6 Å². The van der Waals surface area contributed by atoms with Gasteiger partial charge in [0.15, 0.2) is 5.96 Å². The summed E-state index contributed by atoms with van der Waals surface area (Å²) in [5.74, 6) is 0.600. The molecule has 0 spiro atoms. The van der Waals surface area contributed by atoms with E-state index in [9.17, 15) is 13.2 Å². The summed E-state index contributed by atoms with van der Waals surface area (Å²) in [5.41, 5.74) is 6.07. The monoisotopic (exact) mass is 541 g/mol. The molecule has 170 valence electrons. The molecule has 0 aromatic heterocycles. The number of hydrogen-bond donors (Lipinski definition) is 1. The van der Waals surface area contributed by atoms with Crippen LogP contribution in [0.2, 0.25) is 0 Å². The number of ether oxygens (including phenoxy) is 1. The quantitative estimate of drug-likeness (QED) is 0.260. The highest BCUT2D eigenvalue weighted by molar-refractivity contribution is 14.0. The molecule has 2 aliphatic rings. The molecule has 2 saturated heterocycles. The molecule has 3 rings (SSSR count). The largest absolute Gasteiger partial charge is 0.416 e. The summed E-state index contributed by atoms with van der Waals surface area (Å²) in [5, 5.41) is 0. The molecule has 2 N–H and O–H groups in total. The van der Waals surface area contributed by atoms with E-state index in [1.54, 1.807) is 6.07 Å². The van der Waals surface area contributed by atoms with E-state index in [0.717, 1.165) is 64.7 Å². The number of benzene rings is 1. The Labute approximate surface area is 193 Å². The normalized spacial score (nSPS) is 19.0. The molecule has 0 radical (unpaired) electrons. The van der Waals surface area contributed by atoms with Crippen molar-refractivity contribution in [3.8, 4) is 0 Å². The lowest BCUT2D eigenvalue weighted by Gasteiger charge is -2.36. The number of alkyl halides is 3. The molecule has 0 atom stereocenters. The molecule has 2 heterocycles. The lowest BCUT2D eigenvalue weighted by Crippen LogP contribution is -2.46. The van der Waals surface area contributed by atoms with Crippen LogP contribution in [0, 0.1) is 0 Å². The minimum Gasteiger partial charge on any atom is -0.378 e. The van der Waals surface area contributed by atoms with Crippen LogP contribution >= 0.6 is 24.0 Å². The topological polar surface area (TPSA) is 57.3 Å². The fraction of sp³-hybridized carbons (Fsp3) is 0.650. The van der Waals surface area contributed by atoms with Gasteiger partial charge >= 0.3 is 6.18 Å². The van der Waals surface area contributed by atoms with Crippen molar-refractivity contribution < 1.29 is 17.9 Å². The van der Waals surface area contributed by atoms with Crippen molar-refractivity contribution in [1.29, 1.82) is 0 Å². The maximum absolute atomic E-state index is 12.9. The van der Waals surface area contributed by atoms with Crippen LogP contribution in [-0.2, 0) is 10.9 Å². The van der Waals surface area contributed by atoms with E-state index < -0.39 is 11.7 Å². The molecule has 10 heteroatoms. The number of anilines is 1. The highest BCUT2D eigenvalue weighted by atomic mass is 127. The van der Waals surface area contributed by atoms with Crippen LogP contribution in [0.15, 0.2) is 29.3 Å². The molecule has 0 bridgehead atoms. The van der Waals surface area contributed by atoms with Crippen LogP contribution in [-0.4, -0.2) is 81.3 Å². The Morgan fingerprint density at radius 3 is 2.40 bits per heavy atom. The van der Waals surface area contributed by atoms with Gasteiger partial charge in [-0.05, 0) is 37.6 Å². The number of nitrogens with two attached hydrogens (primary N) is 1. The molecule has 6 nitrogen and oxygen atoms in total. The van der Waals surface area contributed by atoms with Crippen molar-refractivity contribution in [1.82, 2.24) is 9.80 Å². The van der Waals surface area contributed by atoms with Gasteiger partial charge in [-0.2, -0.15) is 13.2 Å². The summed E-state index contributed by atoms with van der Waals surface area (Å²) in [7, 11) is 0. The van der Waals surface area contributed by atoms with E-state index in [-0.39, 0.29) is 24.0 Å². The van der Waals surface area contributed by atoms with Crippen LogP contribution in [0.5, 0.6) is 0 Å². The molecule has 0 aliphatic carbocycles. The van der Waals surface area contributed by atoms with Gasteiger partial charge in [0.1, 0.15) is 0 Å². The third-order valence-electron chi connectivity index (χ3n) is 5.40. The van der Waals surface area contributed by atoms with E-state index in [1.165, 1.54) is 12.1 Å². The minimum absolute atomic E-state index is 0. The summed E-state index contributed by atoms with van der Waals surface area (Å²) in [4.78, 5) is 10.9. The van der Waals surface area contributed by atoms with Crippen molar-refractivity contribution in [2.75, 3.05) is 70.5 Å². The van der Waals surface area contributed by atoms with Crippen molar-refractivity contribution in [3.63, 3.8) is 0 Å². The Bertz CT molecular complexity index is 675. The average molecular weight is 541 g/mol. The minimum atomic E-state index is -4.30. The molecule has 0 amide bonds. The van der Waals surface area contributed by atoms with Gasteiger partial charge in [0, 0.05) is 51.5 Å². The first-order chi connectivity index (χ1) is 13.9. The fourth-order valence-corrected chi connectivity index (χ4v) is 3.64. The lowest BCUT2D eigenvalue weighted by atomic mass is 10.1. The maximum Gasteiger partial charge on any atom is 0.416 e. The zero-order valence-electron chi connectivity index (χ0n) is 17.1. The lowest BCUT2D eigenvalue weighted by molar-refractivity contribution is -0.137. The summed E-state index contributed by atoms with van der Waals surface area (Å²) < 4.78 is 44.0. The zero-order chi connectivity index (χ0) is 20.7. The maximum atomic E-state index is 12.9. The van der Waals surface area contributed by atoms with Gasteiger partial charge < -0.3 is 20.3 Å². The molecule has 0 saturated carbocycles. The number of aliphatic imine (C=N–C) groups is 1. The first kappa shape index (κ1) is 25.0. The van der Waals surface area contributed by atoms with Crippen LogP contribution in [0.4, 0.5) is 18.9 Å². The number of unbranched alkanes of at least 4 members (excludes halogenated alkanes) is 1. The molecule has 30 heavy (non-hydrogen) atoms. The Balaban J connectivity index is 0.00000320. The molecule has 0 unspecified atom stereocenters. The summed E-state index contributed by atoms with van der Waals surface area (Å²) in [6.45, 7) is 7.87. The third kappa shape index (κ3) is 7.45. The van der Waals surface area contributed by atoms with Crippen molar-refractivity contribution in [3.05, 3.63) is 29.8 Å². The Morgan fingerprint density at radius 2 is 1.73 bits per heavy atom. The van der Waals surface area contributed by atoms with Gasteiger partial charge in [-0.1, -0.05) is 6.07 Å². The van der Waals surface area contributed by atoms with Crippen LogP contribution in [0.3, 0.4) is 0 Å². The summed E-state index contributed by atoms with van der Waals surface area (Å²) >= 11 is 0. The van der Waals surface area contributed by atoms with E-state index in [1.807, 2.05) is 4.90 Å². The number of rotatable bonds is 6. The summed E-state index contributed by atoms with van der Waals surface area (Å²) in [6.07, 6.45) is -2.30. The Hall–Kier alpha value is -1.27. The van der Waals surface area contributed by atoms with Gasteiger partial charge in [-0.3, -0.25) is 9.89 Å². The first-order valence-corrected chi connectivity index (χ1v) is 10.2. The van der Waals surface area contributed by atoms with Gasteiger partial charge in [-0.25, -0.2) is 0 Å². The number of guanidine groups is 1. The molecule has 1 aromatic carbocycles. The van der Waals surface area contributed by atoms with Gasteiger partial charge in [0.25, 0.3) is 0 Å². The zero-order valence-corrected chi connectivity index (χ0v) is 19.4. The van der Waals surface area contributed by atoms with Crippen LogP contribution in [0.25, 0.3) is 0 Å². The summed E-state index contributed by atoms with van der Waals surface area (Å²) in [6, 6.07) is 5.59. The smallest absolute Gasteiger partial charge is 0.378 e. The predicted molar refractivity (Wildman–Crippen MR) is 124 cm³/mol. The van der Waals surface area contributed by atoms with Crippen molar-refractivity contribution in [2.45, 2.75) is 19.0 Å². The second-order valence-electron chi connectivity index (χ2n) is 7.42.